The number of benzene rings is 3. The summed E-state index contributed by atoms with van der Waals surface area (Å²) in [6, 6.07) is 18.7. The number of carbonyl (C=O) groups excluding carboxylic acids is 2. The van der Waals surface area contributed by atoms with Crippen LogP contribution in [0.3, 0.4) is 0 Å². The predicted molar refractivity (Wildman–Crippen MR) is 114 cm³/mol. The maximum atomic E-state index is 13.7. The molecule has 30 heavy (non-hydrogen) atoms. The first kappa shape index (κ1) is 19.9. The van der Waals surface area contributed by atoms with E-state index in [1.165, 1.54) is 23.1 Å². The van der Waals surface area contributed by atoms with Gasteiger partial charge in [-0.15, -0.1) is 0 Å². The smallest absolute Gasteiger partial charge is 0.300 e. The average molecular weight is 422 g/mol. The van der Waals surface area contributed by atoms with E-state index < -0.39 is 23.5 Å². The number of aryl methyl sites for hydroxylation is 1. The Morgan fingerprint density at radius 1 is 1.00 bits per heavy atom. The van der Waals surface area contributed by atoms with Gasteiger partial charge in [-0.2, -0.15) is 0 Å². The van der Waals surface area contributed by atoms with E-state index in [1.54, 1.807) is 55.5 Å². The van der Waals surface area contributed by atoms with E-state index in [2.05, 4.69) is 0 Å². The van der Waals surface area contributed by atoms with Crippen LogP contribution in [0.15, 0.2) is 78.4 Å². The Kier molecular flexibility index (Phi) is 5.14. The summed E-state index contributed by atoms with van der Waals surface area (Å²) < 4.78 is 13.7. The van der Waals surface area contributed by atoms with Gasteiger partial charge < -0.3 is 5.11 Å². The zero-order valence-electron chi connectivity index (χ0n) is 16.0. The minimum atomic E-state index is -0.852. The van der Waals surface area contributed by atoms with Crippen LogP contribution in [0.25, 0.3) is 5.76 Å². The zero-order valence-corrected chi connectivity index (χ0v) is 16.7. The predicted octanol–water partition coefficient (Wildman–Crippen LogP) is 5.41. The van der Waals surface area contributed by atoms with Gasteiger partial charge in [-0.25, -0.2) is 4.39 Å². The summed E-state index contributed by atoms with van der Waals surface area (Å²) >= 11 is 6.11. The van der Waals surface area contributed by atoms with E-state index in [0.717, 1.165) is 0 Å². The summed E-state index contributed by atoms with van der Waals surface area (Å²) in [4.78, 5) is 27.3. The molecular weight excluding hydrogens is 405 g/mol. The first-order valence-electron chi connectivity index (χ1n) is 9.26. The fourth-order valence-corrected chi connectivity index (χ4v) is 3.81. The van der Waals surface area contributed by atoms with Gasteiger partial charge in [-0.1, -0.05) is 48.0 Å². The van der Waals surface area contributed by atoms with Crippen molar-refractivity contribution >= 4 is 34.7 Å². The third kappa shape index (κ3) is 3.37. The third-order valence-electron chi connectivity index (χ3n) is 5.08. The van der Waals surface area contributed by atoms with Gasteiger partial charge in [0.25, 0.3) is 11.7 Å². The Bertz CT molecular complexity index is 1190. The molecule has 1 N–H and O–H groups in total. The van der Waals surface area contributed by atoms with Crippen LogP contribution in [0.2, 0.25) is 5.02 Å². The van der Waals surface area contributed by atoms with Gasteiger partial charge in [0.2, 0.25) is 0 Å². The number of carbonyl (C=O) groups is 2. The fourth-order valence-electron chi connectivity index (χ4n) is 3.62. The summed E-state index contributed by atoms with van der Waals surface area (Å²) in [6.45, 7) is 1.56. The molecule has 1 aliphatic heterocycles. The summed E-state index contributed by atoms with van der Waals surface area (Å²) in [5.74, 6) is -2.37. The lowest BCUT2D eigenvalue weighted by Gasteiger charge is -2.25. The number of aliphatic hydroxyl groups excluding tert-OH is 1. The van der Waals surface area contributed by atoms with Crippen LogP contribution in [0.4, 0.5) is 10.1 Å². The molecule has 0 aliphatic carbocycles. The molecule has 0 aromatic heterocycles. The number of hydrogen-bond acceptors (Lipinski definition) is 3. The number of anilines is 1. The van der Waals surface area contributed by atoms with Crippen LogP contribution in [0.1, 0.15) is 22.7 Å². The van der Waals surface area contributed by atoms with Crippen molar-refractivity contribution in [2.75, 3.05) is 4.90 Å². The molecule has 6 heteroatoms. The van der Waals surface area contributed by atoms with Gasteiger partial charge in [0, 0.05) is 16.3 Å². The van der Waals surface area contributed by atoms with Gasteiger partial charge in [-0.05, 0) is 54.4 Å². The number of nitrogens with zero attached hydrogens (tertiary/aromatic N) is 1. The topological polar surface area (TPSA) is 57.6 Å². The van der Waals surface area contributed by atoms with E-state index in [0.29, 0.717) is 21.8 Å². The molecule has 1 amide bonds. The molecule has 1 aliphatic rings. The summed E-state index contributed by atoms with van der Waals surface area (Å²) in [6.07, 6.45) is 0. The van der Waals surface area contributed by atoms with Gasteiger partial charge in [0.1, 0.15) is 11.6 Å². The molecule has 1 atom stereocenters. The van der Waals surface area contributed by atoms with E-state index in [4.69, 9.17) is 11.6 Å². The highest BCUT2D eigenvalue weighted by Gasteiger charge is 2.46. The molecule has 3 aromatic rings. The molecular formula is C24H17ClFNO3. The van der Waals surface area contributed by atoms with E-state index >= 15 is 0 Å². The number of ketones is 1. The lowest BCUT2D eigenvalue weighted by Crippen LogP contribution is -2.29. The minimum Gasteiger partial charge on any atom is -0.507 e. The highest BCUT2D eigenvalue weighted by atomic mass is 35.5. The van der Waals surface area contributed by atoms with Crippen LogP contribution < -0.4 is 4.90 Å². The van der Waals surface area contributed by atoms with Gasteiger partial charge >= 0.3 is 0 Å². The van der Waals surface area contributed by atoms with Gasteiger partial charge in [0.05, 0.1) is 11.6 Å². The molecule has 0 bridgehead atoms. The van der Waals surface area contributed by atoms with Crippen molar-refractivity contribution in [3.63, 3.8) is 0 Å². The van der Waals surface area contributed by atoms with Crippen LogP contribution in [0, 0.1) is 12.7 Å². The summed E-state index contributed by atoms with van der Waals surface area (Å²) in [5.41, 5.74) is 1.61. The molecule has 150 valence electrons. The Morgan fingerprint density at radius 3 is 2.40 bits per heavy atom. The lowest BCUT2D eigenvalue weighted by molar-refractivity contribution is -0.132. The van der Waals surface area contributed by atoms with Crippen molar-refractivity contribution in [1.82, 2.24) is 0 Å². The summed E-state index contributed by atoms with van der Waals surface area (Å²) in [5, 5.41) is 11.4. The minimum absolute atomic E-state index is 0.0582. The monoisotopic (exact) mass is 421 g/mol. The SMILES string of the molecule is Cc1cc(/C(O)=C2\C(=O)C(=O)N(c3cccc(Cl)c3)C2c2ccccc2)ccc1F. The number of hydrogen-bond donors (Lipinski definition) is 1. The van der Waals surface area contributed by atoms with Crippen LogP contribution in [-0.4, -0.2) is 16.8 Å². The molecule has 0 saturated carbocycles. The second-order valence-corrected chi connectivity index (χ2v) is 7.46. The molecule has 4 nitrogen and oxygen atoms in total. The Hall–Kier alpha value is -3.44. The van der Waals surface area contributed by atoms with Crippen LogP contribution in [-0.2, 0) is 9.59 Å². The molecule has 1 fully saturated rings. The first-order valence-corrected chi connectivity index (χ1v) is 9.64. The fraction of sp³-hybridized carbons (Fsp3) is 0.0833. The number of Topliss-reactive ketones (excluding diaryl/α,β-unsaturated/α-hetero) is 1. The average Bonchev–Trinajstić information content (AvgIpc) is 3.01. The first-order chi connectivity index (χ1) is 14.4. The van der Waals surface area contributed by atoms with Crippen LogP contribution >= 0.6 is 11.6 Å². The highest BCUT2D eigenvalue weighted by Crippen LogP contribution is 2.42. The maximum Gasteiger partial charge on any atom is 0.300 e. The molecule has 1 heterocycles. The largest absolute Gasteiger partial charge is 0.507 e. The molecule has 3 aromatic carbocycles. The Morgan fingerprint density at radius 2 is 1.73 bits per heavy atom. The van der Waals surface area contributed by atoms with Crippen molar-refractivity contribution < 1.29 is 19.1 Å². The maximum absolute atomic E-state index is 13.7. The Balaban J connectivity index is 1.95. The second kappa shape index (κ2) is 7.76. The zero-order chi connectivity index (χ0) is 21.4. The van der Waals surface area contributed by atoms with Crippen molar-refractivity contribution in [2.24, 2.45) is 0 Å². The second-order valence-electron chi connectivity index (χ2n) is 7.02. The van der Waals surface area contributed by atoms with Crippen molar-refractivity contribution in [1.29, 1.82) is 0 Å². The number of rotatable bonds is 3. The van der Waals surface area contributed by atoms with E-state index in [-0.39, 0.29) is 16.9 Å². The molecule has 1 saturated heterocycles. The number of halogens is 2. The van der Waals surface area contributed by atoms with E-state index in [9.17, 15) is 19.1 Å². The Labute approximate surface area is 177 Å². The van der Waals surface area contributed by atoms with Crippen molar-refractivity contribution in [3.8, 4) is 0 Å². The standard InChI is InChI=1S/C24H17ClFNO3/c1-14-12-16(10-11-19(14)26)22(28)20-21(15-6-3-2-4-7-15)27(24(30)23(20)29)18-9-5-8-17(25)13-18/h2-13,21,28H,1H3/b22-20+. The molecule has 0 radical (unpaired) electrons. The lowest BCUT2D eigenvalue weighted by atomic mass is 9.94. The van der Waals surface area contributed by atoms with Gasteiger partial charge in [-0.3, -0.25) is 14.5 Å². The number of aliphatic hydroxyl groups is 1. The van der Waals surface area contributed by atoms with Gasteiger partial charge in [0.15, 0.2) is 0 Å². The normalized spacial score (nSPS) is 18.1. The van der Waals surface area contributed by atoms with Crippen molar-refractivity contribution in [2.45, 2.75) is 13.0 Å². The van der Waals surface area contributed by atoms with Crippen LogP contribution in [0.5, 0.6) is 0 Å². The molecule has 0 spiro atoms. The third-order valence-corrected chi connectivity index (χ3v) is 5.31. The quantitative estimate of drug-likeness (QED) is 0.349. The van der Waals surface area contributed by atoms with Crippen molar-refractivity contribution in [3.05, 3.63) is 106 Å². The van der Waals surface area contributed by atoms with E-state index in [1.807, 2.05) is 6.07 Å². The molecule has 1 unspecified atom stereocenters. The number of amides is 1. The molecule has 4 rings (SSSR count). The highest BCUT2D eigenvalue weighted by molar-refractivity contribution is 6.51. The summed E-state index contributed by atoms with van der Waals surface area (Å²) in [7, 11) is 0.